The van der Waals surface area contributed by atoms with Crippen LogP contribution in [-0.2, 0) is 4.57 Å². The summed E-state index contributed by atoms with van der Waals surface area (Å²) in [7, 11) is -3.14. The van der Waals surface area contributed by atoms with Crippen LogP contribution in [0.4, 0.5) is 0 Å². The Morgan fingerprint density at radius 1 is 0.301 bits per heavy atom. The van der Waals surface area contributed by atoms with Crippen LogP contribution < -0.4 is 15.9 Å². The molecule has 11 aromatic carbocycles. The van der Waals surface area contributed by atoms with Crippen molar-refractivity contribution in [2.45, 2.75) is 0 Å². The number of rotatable bonds is 10. The summed E-state index contributed by atoms with van der Waals surface area (Å²) in [6.07, 6.45) is 0. The van der Waals surface area contributed by atoms with Crippen LogP contribution in [-0.4, -0.2) is 9.97 Å². The maximum absolute atomic E-state index is 15.2. The van der Waals surface area contributed by atoms with E-state index in [4.69, 9.17) is 14.4 Å². The molecular formula is C68H45N2O2P. The fourth-order valence-electron chi connectivity index (χ4n) is 10.3. The van der Waals surface area contributed by atoms with E-state index in [0.717, 1.165) is 110 Å². The van der Waals surface area contributed by atoms with E-state index in [1.165, 1.54) is 11.1 Å². The van der Waals surface area contributed by atoms with E-state index in [9.17, 15) is 0 Å². The lowest BCUT2D eigenvalue weighted by atomic mass is 9.93. The molecule has 4 nitrogen and oxygen atoms in total. The average molecular weight is 953 g/mol. The van der Waals surface area contributed by atoms with Gasteiger partial charge in [0, 0.05) is 48.8 Å². The second-order valence-corrected chi connectivity index (χ2v) is 21.1. The largest absolute Gasteiger partial charge is 0.455 e. The zero-order chi connectivity index (χ0) is 48.7. The molecule has 0 bridgehead atoms. The Balaban J connectivity index is 0.893. The molecule has 0 radical (unpaired) electrons. The molecule has 0 aliphatic rings. The van der Waals surface area contributed by atoms with E-state index >= 15 is 4.57 Å². The third-order valence-electron chi connectivity index (χ3n) is 14.0. The molecule has 0 atom stereocenters. The van der Waals surface area contributed by atoms with Crippen LogP contribution >= 0.6 is 7.14 Å². The van der Waals surface area contributed by atoms with Crippen molar-refractivity contribution in [3.8, 4) is 78.4 Å². The van der Waals surface area contributed by atoms with E-state index in [1.807, 2.05) is 84.9 Å². The molecule has 0 fully saturated rings. The number of aromatic nitrogens is 2. The van der Waals surface area contributed by atoms with Crippen molar-refractivity contribution in [3.05, 3.63) is 273 Å². The Hall–Kier alpha value is -9.21. The molecule has 0 spiro atoms. The van der Waals surface area contributed by atoms with Gasteiger partial charge in [0.25, 0.3) is 0 Å². The summed E-state index contributed by atoms with van der Waals surface area (Å²) >= 11 is 0. The van der Waals surface area contributed by atoms with Gasteiger partial charge in [-0.2, -0.15) is 0 Å². The fraction of sp³-hybridized carbons (Fsp3) is 0. The normalized spacial score (nSPS) is 11.6. The van der Waals surface area contributed by atoms with Gasteiger partial charge < -0.3 is 8.98 Å². The van der Waals surface area contributed by atoms with Gasteiger partial charge in [0.2, 0.25) is 0 Å². The van der Waals surface area contributed by atoms with Crippen LogP contribution in [0.15, 0.2) is 277 Å². The van der Waals surface area contributed by atoms with Gasteiger partial charge in [0.1, 0.15) is 11.2 Å². The van der Waals surface area contributed by atoms with Crippen LogP contribution in [0.2, 0.25) is 0 Å². The van der Waals surface area contributed by atoms with Gasteiger partial charge in [-0.3, -0.25) is 0 Å². The van der Waals surface area contributed by atoms with Crippen molar-refractivity contribution in [2.75, 3.05) is 0 Å². The van der Waals surface area contributed by atoms with Crippen LogP contribution in [0.5, 0.6) is 0 Å². The standard InChI is InChI=1S/C68H45N2O2P/c71-73(55-20-9-3-10-21-55,56-22-11-4-12-23-56)57-42-40-50(41-43-57)58-26-15-27-65-66(58)62-44-61(59-24-13-14-25-60(59)67(62)72-65)51-32-36-53(37-33-51)64-45-63(52-34-28-48(29-35-52)46-16-5-1-6-17-46)69-68(70-64)54-38-30-49(31-39-54)47-18-7-2-8-19-47/h1-45H. The molecule has 344 valence electrons. The summed E-state index contributed by atoms with van der Waals surface area (Å²) in [5, 5.41) is 6.64. The molecule has 0 amide bonds. The van der Waals surface area contributed by atoms with Gasteiger partial charge >= 0.3 is 0 Å². The second-order valence-electron chi connectivity index (χ2n) is 18.4. The second kappa shape index (κ2) is 18.5. The molecule has 0 N–H and O–H groups in total. The molecule has 2 aromatic heterocycles. The summed E-state index contributed by atoms with van der Waals surface area (Å²) in [4.78, 5) is 10.4. The lowest BCUT2D eigenvalue weighted by Crippen LogP contribution is -2.24. The Morgan fingerprint density at radius 3 is 1.26 bits per heavy atom. The Morgan fingerprint density at radius 2 is 0.712 bits per heavy atom. The van der Waals surface area contributed by atoms with Crippen LogP contribution in [0.1, 0.15) is 0 Å². The molecule has 0 aliphatic carbocycles. The van der Waals surface area contributed by atoms with Crippen molar-refractivity contribution in [2.24, 2.45) is 0 Å². The lowest BCUT2D eigenvalue weighted by Gasteiger charge is -2.20. The third kappa shape index (κ3) is 8.05. The summed E-state index contributed by atoms with van der Waals surface area (Å²) < 4.78 is 22.0. The number of hydrogen-bond donors (Lipinski definition) is 0. The average Bonchev–Trinajstić information content (AvgIpc) is 3.87. The molecule has 5 heteroatoms. The Kier molecular flexibility index (Phi) is 11.1. The topological polar surface area (TPSA) is 56.0 Å². The summed E-state index contributed by atoms with van der Waals surface area (Å²) in [5.41, 5.74) is 15.2. The number of fused-ring (bicyclic) bond motifs is 5. The molecule has 73 heavy (non-hydrogen) atoms. The van der Waals surface area contributed by atoms with Crippen LogP contribution in [0.3, 0.4) is 0 Å². The first-order valence-corrected chi connectivity index (χ1v) is 26.3. The van der Waals surface area contributed by atoms with Crippen molar-refractivity contribution < 1.29 is 8.98 Å². The first-order valence-electron chi connectivity index (χ1n) is 24.6. The van der Waals surface area contributed by atoms with E-state index in [-0.39, 0.29) is 0 Å². The maximum Gasteiger partial charge on any atom is 0.171 e. The first-order chi connectivity index (χ1) is 36.0. The molecular weight excluding hydrogens is 908 g/mol. The summed E-state index contributed by atoms with van der Waals surface area (Å²) in [6.45, 7) is 0. The fourth-order valence-corrected chi connectivity index (χ4v) is 12.9. The zero-order valence-corrected chi connectivity index (χ0v) is 40.5. The van der Waals surface area contributed by atoms with Crippen molar-refractivity contribution in [1.29, 1.82) is 0 Å². The highest BCUT2D eigenvalue weighted by Gasteiger charge is 2.30. The molecule has 13 rings (SSSR count). The summed E-state index contributed by atoms with van der Waals surface area (Å²) in [5.74, 6) is 0.665. The van der Waals surface area contributed by atoms with E-state index in [1.54, 1.807) is 0 Å². The zero-order valence-electron chi connectivity index (χ0n) is 39.6. The van der Waals surface area contributed by atoms with Gasteiger partial charge in [0.05, 0.1) is 11.4 Å². The number of benzene rings is 11. The number of nitrogens with zero attached hydrogens (tertiary/aromatic N) is 2. The molecule has 0 unspecified atom stereocenters. The van der Waals surface area contributed by atoms with Crippen molar-refractivity contribution >= 4 is 55.8 Å². The minimum atomic E-state index is -3.14. The Labute approximate surface area is 424 Å². The minimum Gasteiger partial charge on any atom is -0.455 e. The minimum absolute atomic E-state index is 0.665. The van der Waals surface area contributed by atoms with E-state index in [2.05, 4.69) is 188 Å². The van der Waals surface area contributed by atoms with Crippen molar-refractivity contribution in [3.63, 3.8) is 0 Å². The van der Waals surface area contributed by atoms with Gasteiger partial charge in [0.15, 0.2) is 13.0 Å². The van der Waals surface area contributed by atoms with Crippen molar-refractivity contribution in [1.82, 2.24) is 9.97 Å². The number of hydrogen-bond acceptors (Lipinski definition) is 4. The van der Waals surface area contributed by atoms with Gasteiger partial charge in [-0.25, -0.2) is 9.97 Å². The van der Waals surface area contributed by atoms with Gasteiger partial charge in [-0.1, -0.05) is 255 Å². The van der Waals surface area contributed by atoms with Crippen LogP contribution in [0.25, 0.3) is 111 Å². The molecule has 0 saturated carbocycles. The summed E-state index contributed by atoms with van der Waals surface area (Å²) in [6, 6.07) is 93.8. The molecule has 0 saturated heterocycles. The molecule has 2 heterocycles. The maximum atomic E-state index is 15.2. The predicted octanol–water partition coefficient (Wildman–Crippen LogP) is 16.8. The highest BCUT2D eigenvalue weighted by atomic mass is 31.2. The van der Waals surface area contributed by atoms with Gasteiger partial charge in [-0.15, -0.1) is 0 Å². The van der Waals surface area contributed by atoms with E-state index < -0.39 is 7.14 Å². The predicted molar refractivity (Wildman–Crippen MR) is 304 cm³/mol. The molecule has 13 aromatic rings. The number of furan rings is 1. The third-order valence-corrected chi connectivity index (χ3v) is 17.1. The quantitative estimate of drug-likeness (QED) is 0.128. The monoisotopic (exact) mass is 952 g/mol. The van der Waals surface area contributed by atoms with Gasteiger partial charge in [-0.05, 0) is 68.1 Å². The SMILES string of the molecule is O=P(c1ccccc1)(c1ccccc1)c1ccc(-c2cccc3oc4c5ccccc5c(-c5ccc(-c6cc(-c7ccc(-c8ccccc8)cc7)nc(-c7ccc(-c8ccccc8)cc7)n6)cc5)cc4c23)cc1. The lowest BCUT2D eigenvalue weighted by molar-refractivity contribution is 0.592. The highest BCUT2D eigenvalue weighted by molar-refractivity contribution is 7.85. The smallest absolute Gasteiger partial charge is 0.171 e. The van der Waals surface area contributed by atoms with Crippen LogP contribution in [0, 0.1) is 0 Å². The first kappa shape index (κ1) is 43.8. The highest BCUT2D eigenvalue weighted by Crippen LogP contribution is 2.45. The molecule has 0 aliphatic heterocycles. The van der Waals surface area contributed by atoms with E-state index in [0.29, 0.717) is 5.82 Å². The Bertz CT molecular complexity index is 4010.